The van der Waals surface area contributed by atoms with Crippen LogP contribution in [0.25, 0.3) is 0 Å². The average Bonchev–Trinajstić information content (AvgIpc) is 2.70. The number of rotatable bonds is 5. The number of phenols is 1. The van der Waals surface area contributed by atoms with Crippen LogP contribution >= 0.6 is 0 Å². The Morgan fingerprint density at radius 1 is 1.09 bits per heavy atom. The number of aromatic hydroxyl groups is 1. The number of piperidine rings is 1. The molecule has 32 heavy (non-hydrogen) atoms. The number of hydrogen-bond donors (Lipinski definition) is 5. The summed E-state index contributed by atoms with van der Waals surface area (Å²) in [6.45, 7) is 1.22. The van der Waals surface area contributed by atoms with E-state index < -0.39 is 36.4 Å². The van der Waals surface area contributed by atoms with Crippen LogP contribution in [0.5, 0.6) is 5.75 Å². The number of hydrogen-bond acceptors (Lipinski definition) is 6. The van der Waals surface area contributed by atoms with Gasteiger partial charge in [-0.15, -0.1) is 0 Å². The number of likely N-dealkylation sites (tertiary alicyclic amines) is 1. The fourth-order valence-corrected chi connectivity index (χ4v) is 5.90. The van der Waals surface area contributed by atoms with Crippen LogP contribution in [-0.2, 0) is 26.2 Å². The molecule has 9 nitrogen and oxygen atoms in total. The van der Waals surface area contributed by atoms with Crippen LogP contribution in [0.1, 0.15) is 56.1 Å². The van der Waals surface area contributed by atoms with Crippen molar-refractivity contribution in [2.24, 2.45) is 5.92 Å². The second-order valence-corrected chi connectivity index (χ2v) is 9.33. The van der Waals surface area contributed by atoms with E-state index >= 15 is 0 Å². The van der Waals surface area contributed by atoms with Gasteiger partial charge in [0.2, 0.25) is 0 Å². The van der Waals surface area contributed by atoms with Crippen molar-refractivity contribution in [2.75, 3.05) is 13.6 Å². The predicted molar refractivity (Wildman–Crippen MR) is 114 cm³/mol. The lowest BCUT2D eigenvalue weighted by molar-refractivity contribution is -0.170. The van der Waals surface area contributed by atoms with E-state index in [1.54, 1.807) is 0 Å². The molecule has 0 amide bonds. The summed E-state index contributed by atoms with van der Waals surface area (Å²) in [5, 5.41) is 43.7. The second-order valence-electron chi connectivity index (χ2n) is 9.33. The first-order valence-electron chi connectivity index (χ1n) is 10.9. The number of aliphatic hydroxyl groups is 1. The maximum absolute atomic E-state index is 10.3. The third kappa shape index (κ3) is 4.59. The van der Waals surface area contributed by atoms with Gasteiger partial charge in [0.15, 0.2) is 5.60 Å². The minimum absolute atomic E-state index is 0.377. The highest BCUT2D eigenvalue weighted by Crippen LogP contribution is 2.55. The molecule has 2 fully saturated rings. The van der Waals surface area contributed by atoms with Gasteiger partial charge >= 0.3 is 17.9 Å². The van der Waals surface area contributed by atoms with Crippen LogP contribution in [-0.4, -0.2) is 73.6 Å². The van der Waals surface area contributed by atoms with Gasteiger partial charge in [0.25, 0.3) is 0 Å². The van der Waals surface area contributed by atoms with Gasteiger partial charge in [0.1, 0.15) is 5.75 Å². The molecule has 2 bridgehead atoms. The molecular weight excluding hydrogens is 418 g/mol. The molecule has 4 rings (SSSR count). The fourth-order valence-electron chi connectivity index (χ4n) is 5.90. The molecule has 1 aliphatic heterocycles. The first-order chi connectivity index (χ1) is 15.0. The first-order valence-corrected chi connectivity index (χ1v) is 10.9. The van der Waals surface area contributed by atoms with Crippen molar-refractivity contribution >= 4 is 17.9 Å². The lowest BCUT2D eigenvalue weighted by atomic mass is 9.52. The summed E-state index contributed by atoms with van der Waals surface area (Å²) >= 11 is 0. The van der Waals surface area contributed by atoms with E-state index in [4.69, 9.17) is 20.4 Å². The number of carbonyl (C=O) groups is 3. The zero-order chi connectivity index (χ0) is 23.7. The Labute approximate surface area is 186 Å². The van der Waals surface area contributed by atoms with Crippen molar-refractivity contribution in [3.63, 3.8) is 0 Å². The van der Waals surface area contributed by atoms with Gasteiger partial charge in [-0.25, -0.2) is 4.79 Å². The molecule has 5 N–H and O–H groups in total. The van der Waals surface area contributed by atoms with Crippen LogP contribution in [0.2, 0.25) is 0 Å². The van der Waals surface area contributed by atoms with Crippen LogP contribution in [0, 0.1) is 5.92 Å². The minimum atomic E-state index is -2.74. The summed E-state index contributed by atoms with van der Waals surface area (Å²) in [7, 11) is 2.30. The Morgan fingerprint density at radius 3 is 2.34 bits per heavy atom. The molecule has 1 saturated heterocycles. The lowest BCUT2D eigenvalue weighted by Gasteiger charge is -2.58. The number of benzene rings is 1. The Hall–Kier alpha value is -2.65. The van der Waals surface area contributed by atoms with Crippen LogP contribution < -0.4 is 0 Å². The number of nitrogens with zero attached hydrogens (tertiary/aromatic N) is 1. The Kier molecular flexibility index (Phi) is 6.80. The molecule has 0 radical (unpaired) electrons. The molecule has 0 spiro atoms. The number of likely N-dealkylation sites (N-methyl/N-ethyl adjacent to an activating group) is 1. The fraction of sp³-hybridized carbons (Fsp3) is 0.609. The molecule has 1 aromatic rings. The topological polar surface area (TPSA) is 156 Å². The Morgan fingerprint density at radius 2 is 1.75 bits per heavy atom. The molecule has 176 valence electrons. The Balaban J connectivity index is 0.000000198. The van der Waals surface area contributed by atoms with Crippen molar-refractivity contribution in [1.29, 1.82) is 0 Å². The summed E-state index contributed by atoms with van der Waals surface area (Å²) in [5.41, 5.74) is 0.619. The van der Waals surface area contributed by atoms with Gasteiger partial charge in [0.05, 0.1) is 12.8 Å². The van der Waals surface area contributed by atoms with Gasteiger partial charge in [-0.3, -0.25) is 9.59 Å². The number of carboxylic acids is 3. The number of phenolic OH excluding ortho intramolecular Hbond substituents is 1. The van der Waals surface area contributed by atoms with E-state index in [0.29, 0.717) is 11.2 Å². The molecular formula is C23H31NO8. The van der Waals surface area contributed by atoms with E-state index in [2.05, 4.69) is 24.1 Å². The summed E-state index contributed by atoms with van der Waals surface area (Å²) in [6, 6.07) is 6.85. The summed E-state index contributed by atoms with van der Waals surface area (Å²) < 4.78 is 0. The van der Waals surface area contributed by atoms with Crippen LogP contribution in [0.15, 0.2) is 18.2 Å². The number of fused-ring (bicyclic) bond motifs is 1. The van der Waals surface area contributed by atoms with Crippen molar-refractivity contribution in [1.82, 2.24) is 4.90 Å². The van der Waals surface area contributed by atoms with E-state index in [-0.39, 0.29) is 0 Å². The number of carboxylic acid groups (broad SMARTS) is 3. The SMILES string of the molecule is CN1CC[C@]23CCCC[C@@H]2[C@H]1Cc1ccc(O)cc13.O=C(O)CC(O)(CC(=O)O)C(=O)O. The highest BCUT2D eigenvalue weighted by Gasteiger charge is 2.53. The minimum Gasteiger partial charge on any atom is -0.508 e. The maximum atomic E-state index is 10.3. The van der Waals surface area contributed by atoms with Gasteiger partial charge < -0.3 is 30.4 Å². The largest absolute Gasteiger partial charge is 0.508 e. The molecule has 1 saturated carbocycles. The van der Waals surface area contributed by atoms with Crippen LogP contribution in [0.4, 0.5) is 0 Å². The molecule has 1 heterocycles. The van der Waals surface area contributed by atoms with E-state index in [9.17, 15) is 19.5 Å². The van der Waals surface area contributed by atoms with Crippen LogP contribution in [0.3, 0.4) is 0 Å². The van der Waals surface area contributed by atoms with Crippen molar-refractivity contribution in [3.05, 3.63) is 29.3 Å². The van der Waals surface area contributed by atoms with Gasteiger partial charge in [-0.1, -0.05) is 18.9 Å². The average molecular weight is 450 g/mol. The molecule has 0 aromatic heterocycles. The van der Waals surface area contributed by atoms with Crippen molar-refractivity contribution in [2.45, 2.75) is 68.4 Å². The monoisotopic (exact) mass is 449 g/mol. The first kappa shape index (κ1) is 24.0. The standard InChI is InChI=1S/C17H23NO.C6H8O7/c1-18-9-8-17-7-3-2-4-14(17)16(18)10-12-5-6-13(19)11-15(12)17;7-3(8)1-6(13,5(11)12)2-4(9)10/h5-6,11,14,16,19H,2-4,7-10H2,1H3;13H,1-2H2,(H,7,8)(H,9,10)(H,11,12)/t14-,16-,17-;/m1./s1. The maximum Gasteiger partial charge on any atom is 0.336 e. The normalized spacial score (nSPS) is 26.7. The summed E-state index contributed by atoms with van der Waals surface area (Å²) in [5.74, 6) is -3.75. The van der Waals surface area contributed by atoms with Gasteiger partial charge in [-0.2, -0.15) is 0 Å². The highest BCUT2D eigenvalue weighted by molar-refractivity contribution is 5.88. The summed E-state index contributed by atoms with van der Waals surface area (Å²) in [6.07, 6.45) is 5.64. The summed E-state index contributed by atoms with van der Waals surface area (Å²) in [4.78, 5) is 33.1. The Bertz CT molecular complexity index is 884. The third-order valence-corrected chi connectivity index (χ3v) is 7.38. The highest BCUT2D eigenvalue weighted by atomic mass is 16.4. The zero-order valence-electron chi connectivity index (χ0n) is 18.2. The number of aliphatic carboxylic acids is 3. The van der Waals surface area contributed by atoms with Gasteiger partial charge in [-0.05, 0) is 68.5 Å². The molecule has 9 heteroatoms. The van der Waals surface area contributed by atoms with Crippen molar-refractivity contribution < 1.29 is 39.9 Å². The lowest BCUT2D eigenvalue weighted by Crippen LogP contribution is -2.59. The third-order valence-electron chi connectivity index (χ3n) is 7.38. The van der Waals surface area contributed by atoms with E-state index in [1.807, 2.05) is 6.07 Å². The molecule has 3 atom stereocenters. The molecule has 1 aromatic carbocycles. The molecule has 2 aliphatic carbocycles. The van der Waals surface area contributed by atoms with Crippen molar-refractivity contribution in [3.8, 4) is 5.75 Å². The van der Waals surface area contributed by atoms with E-state index in [0.717, 1.165) is 12.0 Å². The smallest absolute Gasteiger partial charge is 0.336 e. The zero-order valence-corrected chi connectivity index (χ0v) is 18.2. The quantitative estimate of drug-likeness (QED) is 0.452. The predicted octanol–water partition coefficient (Wildman–Crippen LogP) is 1.83. The van der Waals surface area contributed by atoms with E-state index in [1.165, 1.54) is 56.2 Å². The van der Waals surface area contributed by atoms with Gasteiger partial charge in [0, 0.05) is 11.5 Å². The molecule has 0 unspecified atom stereocenters. The molecule has 3 aliphatic rings. The second kappa shape index (κ2) is 9.07.